The predicted octanol–water partition coefficient (Wildman–Crippen LogP) is 1.45. The SMILES string of the molecule is CC1CN(Cc2nc3ccccn3c2[N+](=O)[O-])CCC1O. The maximum Gasteiger partial charge on any atom is 0.352 e. The molecule has 3 rings (SSSR count). The predicted molar refractivity (Wildman–Crippen MR) is 76.9 cm³/mol. The standard InChI is InChI=1S/C14H18N4O3/c1-10-8-16(7-5-12(10)19)9-11-14(18(20)21)17-6-3-2-4-13(17)15-11/h2-4,6,10,12,19H,5,7-9H2,1H3. The molecule has 0 radical (unpaired) electrons. The molecular formula is C14H18N4O3. The van der Waals surface area contributed by atoms with Gasteiger partial charge in [0.1, 0.15) is 0 Å². The molecule has 1 saturated heterocycles. The lowest BCUT2D eigenvalue weighted by atomic mass is 9.97. The van der Waals surface area contributed by atoms with E-state index in [1.807, 2.05) is 13.0 Å². The number of likely N-dealkylation sites (tertiary alicyclic amines) is 1. The van der Waals surface area contributed by atoms with Crippen LogP contribution in [-0.2, 0) is 6.54 Å². The fourth-order valence-electron chi connectivity index (χ4n) is 2.91. The highest BCUT2D eigenvalue weighted by Crippen LogP contribution is 2.24. The molecule has 0 aliphatic carbocycles. The normalized spacial score (nSPS) is 23.5. The van der Waals surface area contributed by atoms with Crippen LogP contribution in [0.4, 0.5) is 5.82 Å². The molecule has 7 heteroatoms. The smallest absolute Gasteiger partial charge is 0.352 e. The molecule has 1 aliphatic rings. The Bertz CT molecular complexity index is 669. The quantitative estimate of drug-likeness (QED) is 0.683. The van der Waals surface area contributed by atoms with E-state index in [4.69, 9.17) is 0 Å². The number of pyridine rings is 1. The Hall–Kier alpha value is -1.99. The van der Waals surface area contributed by atoms with Gasteiger partial charge < -0.3 is 15.2 Å². The number of hydrogen-bond donors (Lipinski definition) is 1. The molecule has 0 saturated carbocycles. The lowest BCUT2D eigenvalue weighted by Gasteiger charge is -2.33. The number of nitrogens with zero attached hydrogens (tertiary/aromatic N) is 4. The Balaban J connectivity index is 1.90. The van der Waals surface area contributed by atoms with Crippen molar-refractivity contribution in [2.75, 3.05) is 13.1 Å². The second-order valence-corrected chi connectivity index (χ2v) is 5.64. The fraction of sp³-hybridized carbons (Fsp3) is 0.500. The van der Waals surface area contributed by atoms with Crippen LogP contribution >= 0.6 is 0 Å². The average Bonchev–Trinajstić information content (AvgIpc) is 2.80. The second-order valence-electron chi connectivity index (χ2n) is 5.64. The highest BCUT2D eigenvalue weighted by molar-refractivity contribution is 5.48. The summed E-state index contributed by atoms with van der Waals surface area (Å²) in [5.74, 6) is 0.208. The summed E-state index contributed by atoms with van der Waals surface area (Å²) in [6, 6.07) is 5.33. The monoisotopic (exact) mass is 290 g/mol. The van der Waals surface area contributed by atoms with Crippen molar-refractivity contribution in [3.8, 4) is 0 Å². The van der Waals surface area contributed by atoms with Crippen LogP contribution in [0.5, 0.6) is 0 Å². The van der Waals surface area contributed by atoms with Crippen molar-refractivity contribution < 1.29 is 10.0 Å². The van der Waals surface area contributed by atoms with Crippen molar-refractivity contribution in [3.05, 3.63) is 40.2 Å². The number of aliphatic hydroxyl groups is 1. The van der Waals surface area contributed by atoms with Gasteiger partial charge in [-0.1, -0.05) is 13.0 Å². The van der Waals surface area contributed by atoms with E-state index in [0.29, 0.717) is 24.3 Å². The summed E-state index contributed by atoms with van der Waals surface area (Å²) in [6.07, 6.45) is 2.08. The Morgan fingerprint density at radius 1 is 1.52 bits per heavy atom. The molecular weight excluding hydrogens is 272 g/mol. The van der Waals surface area contributed by atoms with Gasteiger partial charge in [0.05, 0.1) is 12.3 Å². The highest BCUT2D eigenvalue weighted by Gasteiger charge is 2.28. The summed E-state index contributed by atoms with van der Waals surface area (Å²) in [6.45, 7) is 3.90. The number of hydrogen-bond acceptors (Lipinski definition) is 5. The molecule has 21 heavy (non-hydrogen) atoms. The Morgan fingerprint density at radius 2 is 2.33 bits per heavy atom. The number of nitro groups is 1. The van der Waals surface area contributed by atoms with Crippen LogP contribution < -0.4 is 0 Å². The van der Waals surface area contributed by atoms with Gasteiger partial charge in [-0.25, -0.2) is 4.98 Å². The van der Waals surface area contributed by atoms with Gasteiger partial charge in [-0.3, -0.25) is 4.90 Å². The van der Waals surface area contributed by atoms with Crippen LogP contribution in [0.3, 0.4) is 0 Å². The molecule has 2 aromatic rings. The topological polar surface area (TPSA) is 83.9 Å². The van der Waals surface area contributed by atoms with Crippen LogP contribution in [0.1, 0.15) is 19.0 Å². The van der Waals surface area contributed by atoms with Crippen LogP contribution in [0.25, 0.3) is 5.65 Å². The van der Waals surface area contributed by atoms with E-state index in [-0.39, 0.29) is 22.8 Å². The van der Waals surface area contributed by atoms with Crippen LogP contribution in [0, 0.1) is 16.0 Å². The third-order valence-corrected chi connectivity index (χ3v) is 4.06. The molecule has 1 N–H and O–H groups in total. The van der Waals surface area contributed by atoms with Gasteiger partial charge in [-0.05, 0) is 23.3 Å². The zero-order valence-electron chi connectivity index (χ0n) is 11.8. The molecule has 112 valence electrons. The van der Waals surface area contributed by atoms with E-state index in [0.717, 1.165) is 13.1 Å². The van der Waals surface area contributed by atoms with Crippen molar-refractivity contribution in [1.82, 2.24) is 14.3 Å². The Kier molecular flexibility index (Phi) is 3.60. The molecule has 2 aromatic heterocycles. The fourth-order valence-corrected chi connectivity index (χ4v) is 2.91. The van der Waals surface area contributed by atoms with Crippen LogP contribution in [0.15, 0.2) is 24.4 Å². The third-order valence-electron chi connectivity index (χ3n) is 4.06. The van der Waals surface area contributed by atoms with Crippen molar-refractivity contribution in [2.24, 2.45) is 5.92 Å². The number of piperidine rings is 1. The van der Waals surface area contributed by atoms with Gasteiger partial charge in [0, 0.05) is 25.7 Å². The average molecular weight is 290 g/mol. The van der Waals surface area contributed by atoms with Gasteiger partial charge in [0.15, 0.2) is 5.69 Å². The van der Waals surface area contributed by atoms with Gasteiger partial charge in [-0.15, -0.1) is 0 Å². The Morgan fingerprint density at radius 3 is 3.05 bits per heavy atom. The lowest BCUT2D eigenvalue weighted by molar-refractivity contribution is -0.391. The zero-order valence-corrected chi connectivity index (χ0v) is 11.8. The third kappa shape index (κ3) is 2.62. The molecule has 7 nitrogen and oxygen atoms in total. The highest BCUT2D eigenvalue weighted by atomic mass is 16.6. The molecule has 0 bridgehead atoms. The van der Waals surface area contributed by atoms with E-state index in [1.54, 1.807) is 18.3 Å². The summed E-state index contributed by atoms with van der Waals surface area (Å²) < 4.78 is 1.51. The molecule has 2 unspecified atom stereocenters. The summed E-state index contributed by atoms with van der Waals surface area (Å²) in [7, 11) is 0. The van der Waals surface area contributed by atoms with Gasteiger partial charge in [0.2, 0.25) is 5.65 Å². The summed E-state index contributed by atoms with van der Waals surface area (Å²) in [5, 5.41) is 21.1. The largest absolute Gasteiger partial charge is 0.393 e. The van der Waals surface area contributed by atoms with Gasteiger partial charge >= 0.3 is 5.82 Å². The van der Waals surface area contributed by atoms with E-state index in [9.17, 15) is 15.2 Å². The molecule has 0 spiro atoms. The van der Waals surface area contributed by atoms with E-state index >= 15 is 0 Å². The molecule has 1 aliphatic heterocycles. The molecule has 2 atom stereocenters. The minimum atomic E-state index is -0.377. The summed E-state index contributed by atoms with van der Waals surface area (Å²) in [5.41, 5.74) is 1.07. The van der Waals surface area contributed by atoms with Crippen molar-refractivity contribution in [1.29, 1.82) is 0 Å². The van der Waals surface area contributed by atoms with E-state index < -0.39 is 0 Å². The molecule has 1 fully saturated rings. The van der Waals surface area contributed by atoms with E-state index in [1.165, 1.54) is 4.40 Å². The summed E-state index contributed by atoms with van der Waals surface area (Å²) >= 11 is 0. The first-order chi connectivity index (χ1) is 10.1. The maximum atomic E-state index is 11.3. The first-order valence-corrected chi connectivity index (χ1v) is 7.07. The first-order valence-electron chi connectivity index (χ1n) is 7.07. The maximum absolute atomic E-state index is 11.3. The van der Waals surface area contributed by atoms with E-state index in [2.05, 4.69) is 9.88 Å². The second kappa shape index (κ2) is 5.42. The molecule has 0 amide bonds. The van der Waals surface area contributed by atoms with Crippen LogP contribution in [0.2, 0.25) is 0 Å². The number of aliphatic hydroxyl groups excluding tert-OH is 1. The minimum absolute atomic E-state index is 0.0318. The van der Waals surface area contributed by atoms with Gasteiger partial charge in [-0.2, -0.15) is 4.40 Å². The van der Waals surface area contributed by atoms with Crippen molar-refractivity contribution in [2.45, 2.75) is 26.0 Å². The first kappa shape index (κ1) is 14.0. The number of fused-ring (bicyclic) bond motifs is 1. The Labute approximate surface area is 122 Å². The number of imidazole rings is 1. The van der Waals surface area contributed by atoms with Crippen molar-refractivity contribution >= 4 is 11.5 Å². The minimum Gasteiger partial charge on any atom is -0.393 e. The van der Waals surface area contributed by atoms with Crippen LogP contribution in [-0.4, -0.2) is 43.5 Å². The number of rotatable bonds is 3. The molecule has 0 aromatic carbocycles. The summed E-state index contributed by atoms with van der Waals surface area (Å²) in [4.78, 5) is 17.5. The van der Waals surface area contributed by atoms with Crippen molar-refractivity contribution in [3.63, 3.8) is 0 Å². The lowest BCUT2D eigenvalue weighted by Crippen LogP contribution is -2.41. The number of aromatic nitrogens is 2. The zero-order chi connectivity index (χ0) is 15.0. The van der Waals surface area contributed by atoms with Gasteiger partial charge in [0.25, 0.3) is 0 Å². The molecule has 3 heterocycles.